The molecule has 0 aromatic heterocycles. The van der Waals surface area contributed by atoms with Crippen LogP contribution in [0, 0.1) is 0 Å². The molecule has 0 bridgehead atoms. The van der Waals surface area contributed by atoms with E-state index in [1.807, 2.05) is 6.92 Å². The average molecular weight is 270 g/mol. The highest BCUT2D eigenvalue weighted by Crippen LogP contribution is 2.37. The quantitative estimate of drug-likeness (QED) is 0.896. The zero-order valence-corrected chi connectivity index (χ0v) is 10.7. The molecule has 1 aromatic rings. The van der Waals surface area contributed by atoms with Crippen molar-refractivity contribution < 1.29 is 4.74 Å². The third-order valence-corrected chi connectivity index (χ3v) is 3.15. The van der Waals surface area contributed by atoms with Crippen LogP contribution in [0.1, 0.15) is 25.0 Å². The molecule has 2 rings (SSSR count). The standard InChI is InChI=1S/C12H16BrNO/c1-7(14)3-9-5-10-4-8(2)15-12(10)11(13)6-9/h5-8H,3-4,14H2,1-2H3. The predicted octanol–water partition coefficient (Wildman–Crippen LogP) is 2.66. The van der Waals surface area contributed by atoms with Gasteiger partial charge in [-0.15, -0.1) is 0 Å². The smallest absolute Gasteiger partial charge is 0.137 e. The van der Waals surface area contributed by atoms with Crippen molar-refractivity contribution in [3.63, 3.8) is 0 Å². The minimum atomic E-state index is 0.203. The second-order valence-electron chi connectivity index (χ2n) is 4.38. The fraction of sp³-hybridized carbons (Fsp3) is 0.500. The van der Waals surface area contributed by atoms with Gasteiger partial charge in [-0.25, -0.2) is 0 Å². The van der Waals surface area contributed by atoms with Crippen molar-refractivity contribution in [1.29, 1.82) is 0 Å². The maximum absolute atomic E-state index is 5.80. The van der Waals surface area contributed by atoms with Gasteiger partial charge in [-0.1, -0.05) is 6.07 Å². The lowest BCUT2D eigenvalue weighted by atomic mass is 10.0. The molecule has 1 heterocycles. The minimum absolute atomic E-state index is 0.203. The van der Waals surface area contributed by atoms with Crippen molar-refractivity contribution in [1.82, 2.24) is 0 Å². The number of nitrogens with two attached hydrogens (primary N) is 1. The van der Waals surface area contributed by atoms with Gasteiger partial charge in [0.2, 0.25) is 0 Å². The van der Waals surface area contributed by atoms with Crippen molar-refractivity contribution in [2.75, 3.05) is 0 Å². The van der Waals surface area contributed by atoms with Crippen molar-refractivity contribution in [2.45, 2.75) is 38.8 Å². The van der Waals surface area contributed by atoms with Crippen LogP contribution in [-0.2, 0) is 12.8 Å². The Hall–Kier alpha value is -0.540. The van der Waals surface area contributed by atoms with E-state index in [1.165, 1.54) is 11.1 Å². The highest BCUT2D eigenvalue weighted by molar-refractivity contribution is 9.10. The number of ether oxygens (including phenoxy) is 1. The molecule has 1 aliphatic heterocycles. The fourth-order valence-electron chi connectivity index (χ4n) is 2.04. The SMILES string of the molecule is CC(N)Cc1cc(Br)c2c(c1)CC(C)O2. The van der Waals surface area contributed by atoms with Crippen molar-refractivity contribution in [3.8, 4) is 5.75 Å². The molecule has 2 unspecified atom stereocenters. The summed E-state index contributed by atoms with van der Waals surface area (Å²) in [6.07, 6.45) is 2.21. The summed E-state index contributed by atoms with van der Waals surface area (Å²) in [5, 5.41) is 0. The third kappa shape index (κ3) is 2.34. The number of benzene rings is 1. The van der Waals surface area contributed by atoms with Gasteiger partial charge in [0, 0.05) is 12.5 Å². The Kier molecular flexibility index (Phi) is 3.03. The molecule has 0 saturated carbocycles. The van der Waals surface area contributed by atoms with Gasteiger partial charge in [0.1, 0.15) is 11.9 Å². The van der Waals surface area contributed by atoms with E-state index in [2.05, 4.69) is 35.0 Å². The molecule has 15 heavy (non-hydrogen) atoms. The minimum Gasteiger partial charge on any atom is -0.489 e. The van der Waals surface area contributed by atoms with Crippen LogP contribution >= 0.6 is 15.9 Å². The Morgan fingerprint density at radius 3 is 3.00 bits per heavy atom. The lowest BCUT2D eigenvalue weighted by Crippen LogP contribution is -2.17. The molecule has 2 N–H and O–H groups in total. The molecule has 0 saturated heterocycles. The first kappa shape index (κ1) is 11.0. The molecular formula is C12H16BrNO. The molecule has 2 nitrogen and oxygen atoms in total. The summed E-state index contributed by atoms with van der Waals surface area (Å²) in [7, 11) is 0. The first-order chi connectivity index (χ1) is 7.06. The fourth-order valence-corrected chi connectivity index (χ4v) is 2.68. The largest absolute Gasteiger partial charge is 0.489 e. The van der Waals surface area contributed by atoms with Crippen LogP contribution in [0.4, 0.5) is 0 Å². The van der Waals surface area contributed by atoms with Gasteiger partial charge >= 0.3 is 0 Å². The van der Waals surface area contributed by atoms with Gasteiger partial charge < -0.3 is 10.5 Å². The van der Waals surface area contributed by atoms with Crippen LogP contribution in [-0.4, -0.2) is 12.1 Å². The molecule has 0 spiro atoms. The van der Waals surface area contributed by atoms with E-state index in [4.69, 9.17) is 10.5 Å². The number of hydrogen-bond donors (Lipinski definition) is 1. The van der Waals surface area contributed by atoms with Crippen LogP contribution in [0.15, 0.2) is 16.6 Å². The average Bonchev–Trinajstić information content (AvgIpc) is 2.44. The molecule has 0 aliphatic carbocycles. The second kappa shape index (κ2) is 4.14. The van der Waals surface area contributed by atoms with E-state index in [0.717, 1.165) is 23.1 Å². The predicted molar refractivity (Wildman–Crippen MR) is 65.3 cm³/mol. The number of fused-ring (bicyclic) bond motifs is 1. The van der Waals surface area contributed by atoms with Gasteiger partial charge in [-0.3, -0.25) is 0 Å². The van der Waals surface area contributed by atoms with Gasteiger partial charge in [0.25, 0.3) is 0 Å². The summed E-state index contributed by atoms with van der Waals surface area (Å²) < 4.78 is 6.77. The van der Waals surface area contributed by atoms with Crippen LogP contribution in [0.25, 0.3) is 0 Å². The highest BCUT2D eigenvalue weighted by atomic mass is 79.9. The first-order valence-corrected chi connectivity index (χ1v) is 6.09. The Morgan fingerprint density at radius 1 is 1.60 bits per heavy atom. The summed E-state index contributed by atoms with van der Waals surface area (Å²) in [6.45, 7) is 4.12. The van der Waals surface area contributed by atoms with Crippen molar-refractivity contribution in [2.24, 2.45) is 5.73 Å². The van der Waals surface area contributed by atoms with Crippen LogP contribution in [0.5, 0.6) is 5.75 Å². The van der Waals surface area contributed by atoms with E-state index in [0.29, 0.717) is 6.10 Å². The van der Waals surface area contributed by atoms with Crippen LogP contribution in [0.3, 0.4) is 0 Å². The summed E-state index contributed by atoms with van der Waals surface area (Å²) in [6, 6.07) is 4.53. The monoisotopic (exact) mass is 269 g/mol. The van der Waals surface area contributed by atoms with E-state index < -0.39 is 0 Å². The van der Waals surface area contributed by atoms with E-state index in [9.17, 15) is 0 Å². The summed E-state index contributed by atoms with van der Waals surface area (Å²) in [5.41, 5.74) is 8.38. The van der Waals surface area contributed by atoms with Gasteiger partial charge in [-0.05, 0) is 53.4 Å². The zero-order valence-electron chi connectivity index (χ0n) is 9.09. The van der Waals surface area contributed by atoms with Gasteiger partial charge in [0.15, 0.2) is 0 Å². The number of halogens is 1. The van der Waals surface area contributed by atoms with Gasteiger partial charge in [0.05, 0.1) is 4.47 Å². The molecule has 3 heteroatoms. The van der Waals surface area contributed by atoms with Crippen molar-refractivity contribution >= 4 is 15.9 Å². The third-order valence-electron chi connectivity index (χ3n) is 2.56. The van der Waals surface area contributed by atoms with Crippen LogP contribution in [0.2, 0.25) is 0 Å². The Labute approximate surface area is 98.9 Å². The maximum atomic E-state index is 5.80. The molecule has 0 amide bonds. The molecule has 2 atom stereocenters. The topological polar surface area (TPSA) is 35.2 Å². The van der Waals surface area contributed by atoms with Crippen molar-refractivity contribution in [3.05, 3.63) is 27.7 Å². The summed E-state index contributed by atoms with van der Waals surface area (Å²) in [5.74, 6) is 1.01. The molecule has 82 valence electrons. The summed E-state index contributed by atoms with van der Waals surface area (Å²) >= 11 is 3.55. The van der Waals surface area contributed by atoms with Gasteiger partial charge in [-0.2, -0.15) is 0 Å². The molecule has 0 radical (unpaired) electrons. The second-order valence-corrected chi connectivity index (χ2v) is 5.23. The van der Waals surface area contributed by atoms with E-state index in [1.54, 1.807) is 0 Å². The first-order valence-electron chi connectivity index (χ1n) is 5.30. The number of hydrogen-bond acceptors (Lipinski definition) is 2. The van der Waals surface area contributed by atoms with E-state index in [-0.39, 0.29) is 6.04 Å². The molecule has 1 aliphatic rings. The maximum Gasteiger partial charge on any atom is 0.137 e. The number of rotatable bonds is 2. The Bertz CT molecular complexity index is 376. The molecule has 1 aromatic carbocycles. The zero-order chi connectivity index (χ0) is 11.0. The lowest BCUT2D eigenvalue weighted by molar-refractivity contribution is 0.253. The molecular weight excluding hydrogens is 254 g/mol. The Morgan fingerprint density at radius 2 is 2.33 bits per heavy atom. The molecule has 0 fully saturated rings. The van der Waals surface area contributed by atoms with E-state index >= 15 is 0 Å². The normalized spacial score (nSPS) is 20.9. The summed E-state index contributed by atoms with van der Waals surface area (Å²) in [4.78, 5) is 0. The highest BCUT2D eigenvalue weighted by Gasteiger charge is 2.22. The lowest BCUT2D eigenvalue weighted by Gasteiger charge is -2.09. The van der Waals surface area contributed by atoms with Crippen LogP contribution < -0.4 is 10.5 Å². The Balaban J connectivity index is 2.31.